The lowest BCUT2D eigenvalue weighted by molar-refractivity contribution is -0.137. The first-order chi connectivity index (χ1) is 21.1. The van der Waals surface area contributed by atoms with E-state index in [-0.39, 0.29) is 18.2 Å². The molecule has 0 saturated heterocycles. The van der Waals surface area contributed by atoms with Crippen LogP contribution in [0.25, 0.3) is 0 Å². The Kier molecular flexibility index (Phi) is 11.6. The number of benzene rings is 3. The normalized spacial score (nSPS) is 11.5. The van der Waals surface area contributed by atoms with Crippen molar-refractivity contribution < 1.29 is 14.7 Å². The van der Waals surface area contributed by atoms with E-state index in [2.05, 4.69) is 88.5 Å². The van der Waals surface area contributed by atoms with E-state index in [4.69, 9.17) is 5.11 Å². The minimum atomic E-state index is -0.803. The van der Waals surface area contributed by atoms with Crippen LogP contribution < -0.4 is 5.32 Å². The van der Waals surface area contributed by atoms with Gasteiger partial charge in [0, 0.05) is 42.2 Å². The zero-order chi connectivity index (χ0) is 31.6. The number of anilines is 1. The fourth-order valence-electron chi connectivity index (χ4n) is 5.84. The number of aryl methyl sites for hydroxylation is 2. The number of ketones is 1. The number of carboxylic acid groups (broad SMARTS) is 1. The van der Waals surface area contributed by atoms with E-state index in [1.165, 1.54) is 22.3 Å². The monoisotopic (exact) mass is 592 g/mol. The summed E-state index contributed by atoms with van der Waals surface area (Å²) in [7, 11) is 0. The molecule has 0 atom stereocenters. The van der Waals surface area contributed by atoms with Gasteiger partial charge in [-0.15, -0.1) is 0 Å². The number of nitrogens with one attached hydrogen (secondary N) is 1. The number of rotatable bonds is 16. The summed E-state index contributed by atoms with van der Waals surface area (Å²) in [5.41, 5.74) is 8.24. The minimum Gasteiger partial charge on any atom is -0.481 e. The first-order valence-corrected chi connectivity index (χ1v) is 16.1. The van der Waals surface area contributed by atoms with Crippen LogP contribution in [-0.4, -0.2) is 21.4 Å². The molecule has 1 aromatic heterocycles. The van der Waals surface area contributed by atoms with Crippen LogP contribution >= 0.6 is 0 Å². The number of hydrogen-bond acceptors (Lipinski definition) is 3. The molecule has 232 valence electrons. The van der Waals surface area contributed by atoms with E-state index in [1.807, 2.05) is 41.2 Å². The van der Waals surface area contributed by atoms with Crippen LogP contribution in [0.2, 0.25) is 0 Å². The lowest BCUT2D eigenvalue weighted by Gasteiger charge is -2.22. The first kappa shape index (κ1) is 32.8. The summed E-state index contributed by atoms with van der Waals surface area (Å²) >= 11 is 0. The molecule has 0 aliphatic rings. The molecule has 1 heterocycles. The van der Waals surface area contributed by atoms with Crippen molar-refractivity contribution in [3.05, 3.63) is 124 Å². The van der Waals surface area contributed by atoms with Crippen LogP contribution in [0.15, 0.2) is 85.2 Å². The Morgan fingerprint density at radius 3 is 1.93 bits per heavy atom. The van der Waals surface area contributed by atoms with Gasteiger partial charge in [-0.25, -0.2) is 0 Å². The highest BCUT2D eigenvalue weighted by molar-refractivity contribution is 6.10. The number of carbonyl (C=O) groups excluding carboxylic acids is 1. The summed E-state index contributed by atoms with van der Waals surface area (Å²) in [6.07, 6.45) is 8.35. The molecule has 0 amide bonds. The van der Waals surface area contributed by atoms with Crippen molar-refractivity contribution in [3.8, 4) is 0 Å². The predicted molar refractivity (Wildman–Crippen MR) is 181 cm³/mol. The molecule has 0 radical (unpaired) electrons. The molecule has 2 N–H and O–H groups in total. The van der Waals surface area contributed by atoms with Crippen molar-refractivity contribution in [2.24, 2.45) is 11.8 Å². The number of carboxylic acids is 1. The Morgan fingerprint density at radius 2 is 1.41 bits per heavy atom. The lowest BCUT2D eigenvalue weighted by Crippen LogP contribution is -2.13. The van der Waals surface area contributed by atoms with Crippen LogP contribution in [0.1, 0.15) is 104 Å². The van der Waals surface area contributed by atoms with Crippen LogP contribution in [0.5, 0.6) is 0 Å². The van der Waals surface area contributed by atoms with Crippen LogP contribution in [0.3, 0.4) is 0 Å². The zero-order valence-corrected chi connectivity index (χ0v) is 27.0. The van der Waals surface area contributed by atoms with Gasteiger partial charge in [-0.05, 0) is 77.5 Å². The number of nitrogens with zero attached hydrogens (tertiary/aromatic N) is 1. The summed E-state index contributed by atoms with van der Waals surface area (Å²) in [5, 5.41) is 12.8. The van der Waals surface area contributed by atoms with Crippen LogP contribution in [0.4, 0.5) is 5.69 Å². The predicted octanol–water partition coefficient (Wildman–Crippen LogP) is 9.13. The minimum absolute atomic E-state index is 0.0123. The molecule has 4 rings (SSSR count). The van der Waals surface area contributed by atoms with Crippen LogP contribution in [0, 0.1) is 11.8 Å². The van der Waals surface area contributed by atoms with Gasteiger partial charge in [-0.1, -0.05) is 102 Å². The Labute approximate surface area is 263 Å². The number of aliphatic carboxylic acids is 1. The van der Waals surface area contributed by atoms with Crippen molar-refractivity contribution in [2.75, 3.05) is 5.32 Å². The van der Waals surface area contributed by atoms with Crippen LogP contribution in [-0.2, 0) is 30.6 Å². The second-order valence-electron chi connectivity index (χ2n) is 12.8. The Balaban J connectivity index is 1.62. The average Bonchev–Trinajstić information content (AvgIpc) is 3.38. The van der Waals surface area contributed by atoms with Gasteiger partial charge in [-0.3, -0.25) is 9.59 Å². The van der Waals surface area contributed by atoms with Crippen molar-refractivity contribution in [1.29, 1.82) is 0 Å². The van der Waals surface area contributed by atoms with Gasteiger partial charge in [0.1, 0.15) is 0 Å². The largest absolute Gasteiger partial charge is 0.481 e. The number of hydrogen-bond donors (Lipinski definition) is 2. The van der Waals surface area contributed by atoms with Gasteiger partial charge >= 0.3 is 5.97 Å². The fraction of sp³-hybridized carbons (Fsp3) is 0.385. The summed E-state index contributed by atoms with van der Waals surface area (Å²) in [4.78, 5) is 24.8. The highest BCUT2D eigenvalue weighted by Crippen LogP contribution is 2.29. The SMILES string of the molecule is CCCc1cn(CCCC(=O)O)cc1C(=O)c1cccc(NC(c2ccc(CC(C)C)cc2)c2ccc(CC(C)C)cc2)c1. The highest BCUT2D eigenvalue weighted by Gasteiger charge is 2.19. The summed E-state index contributed by atoms with van der Waals surface area (Å²) in [5.74, 6) is 0.385. The lowest BCUT2D eigenvalue weighted by atomic mass is 9.93. The average molecular weight is 593 g/mol. The molecule has 5 nitrogen and oxygen atoms in total. The molecule has 4 aromatic rings. The van der Waals surface area contributed by atoms with Crippen molar-refractivity contribution in [3.63, 3.8) is 0 Å². The molecular weight excluding hydrogens is 544 g/mol. The smallest absolute Gasteiger partial charge is 0.303 e. The molecule has 0 aliphatic carbocycles. The molecule has 0 fully saturated rings. The zero-order valence-electron chi connectivity index (χ0n) is 27.0. The molecule has 3 aromatic carbocycles. The van der Waals surface area contributed by atoms with E-state index < -0.39 is 5.97 Å². The molecule has 5 heteroatoms. The molecular formula is C39H48N2O3. The molecule has 0 saturated carbocycles. The third-order valence-electron chi connectivity index (χ3n) is 7.88. The Morgan fingerprint density at radius 1 is 0.818 bits per heavy atom. The fourth-order valence-corrected chi connectivity index (χ4v) is 5.84. The molecule has 0 unspecified atom stereocenters. The van der Waals surface area contributed by atoms with E-state index in [1.54, 1.807) is 0 Å². The van der Waals surface area contributed by atoms with Crippen molar-refractivity contribution in [1.82, 2.24) is 4.57 Å². The second-order valence-corrected chi connectivity index (χ2v) is 12.8. The Hall–Kier alpha value is -4.12. The third-order valence-corrected chi connectivity index (χ3v) is 7.88. The van der Waals surface area contributed by atoms with Gasteiger partial charge in [0.2, 0.25) is 0 Å². The van der Waals surface area contributed by atoms with Crippen molar-refractivity contribution >= 4 is 17.4 Å². The van der Waals surface area contributed by atoms with E-state index in [0.29, 0.717) is 35.9 Å². The highest BCUT2D eigenvalue weighted by atomic mass is 16.4. The first-order valence-electron chi connectivity index (χ1n) is 16.1. The molecule has 0 spiro atoms. The van der Waals surface area contributed by atoms with Crippen molar-refractivity contribution in [2.45, 2.75) is 85.7 Å². The summed E-state index contributed by atoms with van der Waals surface area (Å²) < 4.78 is 1.96. The van der Waals surface area contributed by atoms with E-state index in [0.717, 1.165) is 36.9 Å². The Bertz CT molecular complexity index is 1460. The van der Waals surface area contributed by atoms with Gasteiger partial charge in [-0.2, -0.15) is 0 Å². The number of carbonyl (C=O) groups is 2. The van der Waals surface area contributed by atoms with Gasteiger partial charge in [0.15, 0.2) is 5.78 Å². The molecule has 0 aliphatic heterocycles. The van der Waals surface area contributed by atoms with E-state index >= 15 is 0 Å². The maximum Gasteiger partial charge on any atom is 0.303 e. The maximum atomic E-state index is 13.8. The van der Waals surface area contributed by atoms with Gasteiger partial charge in [0.05, 0.1) is 6.04 Å². The second kappa shape index (κ2) is 15.6. The van der Waals surface area contributed by atoms with E-state index in [9.17, 15) is 9.59 Å². The third kappa shape index (κ3) is 9.19. The topological polar surface area (TPSA) is 71.3 Å². The quantitative estimate of drug-likeness (QED) is 0.127. The van der Waals surface area contributed by atoms with Gasteiger partial charge < -0.3 is 15.0 Å². The maximum absolute atomic E-state index is 13.8. The van der Waals surface area contributed by atoms with Gasteiger partial charge in [0.25, 0.3) is 0 Å². The summed E-state index contributed by atoms with van der Waals surface area (Å²) in [6.45, 7) is 11.6. The standard InChI is InChI=1S/C39H48N2O3/c1-6-9-34-25-41(21-8-12-37(42)43)26-36(34)39(44)33-10-7-11-35(24-33)40-38(31-17-13-29(14-18-31)22-27(2)3)32-19-15-30(16-20-32)23-28(4)5/h7,10-11,13-20,24-28,38,40H,6,8-9,12,21-23H2,1-5H3,(H,42,43). The summed E-state index contributed by atoms with van der Waals surface area (Å²) in [6, 6.07) is 25.5. The number of aromatic nitrogens is 1. The molecule has 0 bridgehead atoms. The molecule has 44 heavy (non-hydrogen) atoms.